The fourth-order valence-electron chi connectivity index (χ4n) is 2.79. The Balaban J connectivity index is 1.57. The minimum Gasteiger partial charge on any atom is -0.396 e. The quantitative estimate of drug-likeness (QED) is 0.822. The number of ether oxygens (including phenoxy) is 1. The van der Waals surface area contributed by atoms with E-state index in [2.05, 4.69) is 9.97 Å². The van der Waals surface area contributed by atoms with Gasteiger partial charge in [-0.1, -0.05) is 0 Å². The first-order valence-electron chi connectivity index (χ1n) is 7.73. The normalized spacial score (nSPS) is 16.3. The Kier molecular flexibility index (Phi) is 4.70. The smallest absolute Gasteiger partial charge is 0.253 e. The minimum atomic E-state index is 0.0605. The zero-order valence-electron chi connectivity index (χ0n) is 12.5. The molecule has 22 heavy (non-hydrogen) atoms. The molecule has 0 bridgehead atoms. The zero-order chi connectivity index (χ0) is 15.4. The first kappa shape index (κ1) is 15.0. The monoisotopic (exact) mass is 303 g/mol. The molecule has 2 N–H and O–H groups in total. The van der Waals surface area contributed by atoms with Gasteiger partial charge in [-0.15, -0.1) is 0 Å². The highest BCUT2D eigenvalue weighted by Crippen LogP contribution is 2.18. The molecule has 3 rings (SSSR count). The highest BCUT2D eigenvalue weighted by atomic mass is 16.5. The van der Waals surface area contributed by atoms with Crippen molar-refractivity contribution in [2.24, 2.45) is 0 Å². The minimum absolute atomic E-state index is 0.0605. The summed E-state index contributed by atoms with van der Waals surface area (Å²) in [4.78, 5) is 21.6. The van der Waals surface area contributed by atoms with Gasteiger partial charge in [0.05, 0.1) is 23.5 Å². The number of rotatable bonds is 5. The van der Waals surface area contributed by atoms with Gasteiger partial charge in [-0.05, 0) is 37.5 Å². The van der Waals surface area contributed by atoms with Gasteiger partial charge in [-0.3, -0.25) is 4.79 Å². The summed E-state index contributed by atoms with van der Waals surface area (Å²) in [6.45, 7) is 2.17. The summed E-state index contributed by atoms with van der Waals surface area (Å²) in [5.74, 6) is 0.0605. The third-order valence-corrected chi connectivity index (χ3v) is 4.05. The Morgan fingerprint density at radius 2 is 2.23 bits per heavy atom. The van der Waals surface area contributed by atoms with Crippen molar-refractivity contribution in [3.8, 4) is 0 Å². The number of benzene rings is 1. The van der Waals surface area contributed by atoms with E-state index in [1.54, 1.807) is 6.33 Å². The van der Waals surface area contributed by atoms with Crippen LogP contribution in [0.15, 0.2) is 24.5 Å². The van der Waals surface area contributed by atoms with E-state index in [0.29, 0.717) is 31.7 Å². The molecule has 0 radical (unpaired) electrons. The van der Waals surface area contributed by atoms with E-state index in [4.69, 9.17) is 9.84 Å². The summed E-state index contributed by atoms with van der Waals surface area (Å²) >= 11 is 0. The maximum atomic E-state index is 12.6. The zero-order valence-corrected chi connectivity index (χ0v) is 12.5. The summed E-state index contributed by atoms with van der Waals surface area (Å²) in [6, 6.07) is 5.55. The Hall–Kier alpha value is -1.92. The van der Waals surface area contributed by atoms with Gasteiger partial charge in [0, 0.05) is 31.9 Å². The van der Waals surface area contributed by atoms with Crippen LogP contribution in [0.5, 0.6) is 0 Å². The van der Waals surface area contributed by atoms with E-state index in [9.17, 15) is 4.79 Å². The van der Waals surface area contributed by atoms with Gasteiger partial charge in [0.25, 0.3) is 5.91 Å². The second kappa shape index (κ2) is 6.89. The molecule has 1 saturated heterocycles. The molecule has 1 aliphatic heterocycles. The Bertz CT molecular complexity index is 632. The number of likely N-dealkylation sites (tertiary alicyclic amines) is 1. The molecule has 0 unspecified atom stereocenters. The van der Waals surface area contributed by atoms with Crippen molar-refractivity contribution in [3.63, 3.8) is 0 Å². The predicted octanol–water partition coefficient (Wildman–Crippen LogP) is 1.57. The molecule has 1 amide bonds. The van der Waals surface area contributed by atoms with E-state index in [-0.39, 0.29) is 18.6 Å². The van der Waals surface area contributed by atoms with Gasteiger partial charge < -0.3 is 19.7 Å². The Labute approximate surface area is 129 Å². The van der Waals surface area contributed by atoms with Gasteiger partial charge >= 0.3 is 0 Å². The van der Waals surface area contributed by atoms with Crippen molar-refractivity contribution in [1.82, 2.24) is 14.9 Å². The maximum absolute atomic E-state index is 12.6. The lowest BCUT2D eigenvalue weighted by molar-refractivity contribution is 0.00398. The van der Waals surface area contributed by atoms with Crippen LogP contribution in [-0.2, 0) is 4.74 Å². The average molecular weight is 303 g/mol. The second-order valence-electron chi connectivity index (χ2n) is 5.57. The number of fused-ring (bicyclic) bond motifs is 1. The summed E-state index contributed by atoms with van der Waals surface area (Å²) in [5, 5.41) is 8.76. The van der Waals surface area contributed by atoms with Crippen LogP contribution in [0.3, 0.4) is 0 Å². The number of aromatic nitrogens is 2. The number of amides is 1. The number of hydrogen-bond acceptors (Lipinski definition) is 4. The molecule has 2 aromatic rings. The number of carbonyl (C=O) groups excluding carboxylic acids is 1. The van der Waals surface area contributed by atoms with E-state index in [0.717, 1.165) is 23.9 Å². The molecular weight excluding hydrogens is 282 g/mol. The van der Waals surface area contributed by atoms with Gasteiger partial charge in [0.15, 0.2) is 0 Å². The van der Waals surface area contributed by atoms with Crippen LogP contribution < -0.4 is 0 Å². The number of aliphatic hydroxyl groups excluding tert-OH is 1. The molecule has 0 atom stereocenters. The second-order valence-corrected chi connectivity index (χ2v) is 5.57. The first-order valence-corrected chi connectivity index (χ1v) is 7.73. The number of hydrogen-bond donors (Lipinski definition) is 2. The molecule has 6 nitrogen and oxygen atoms in total. The van der Waals surface area contributed by atoms with Gasteiger partial charge in [-0.2, -0.15) is 0 Å². The fourth-order valence-corrected chi connectivity index (χ4v) is 2.79. The summed E-state index contributed by atoms with van der Waals surface area (Å²) in [7, 11) is 0. The van der Waals surface area contributed by atoms with Crippen molar-refractivity contribution < 1.29 is 14.6 Å². The standard InChI is InChI=1S/C16H21N3O3/c20-8-1-9-22-13-4-6-19(7-5-13)16(21)12-2-3-14-15(10-12)18-11-17-14/h2-3,10-11,13,20H,1,4-9H2,(H,17,18). The number of piperidine rings is 1. The number of H-pyrrole nitrogens is 1. The summed E-state index contributed by atoms with van der Waals surface area (Å²) in [6.07, 6.45) is 4.20. The van der Waals surface area contributed by atoms with Gasteiger partial charge in [0.2, 0.25) is 0 Å². The lowest BCUT2D eigenvalue weighted by Gasteiger charge is -2.32. The number of carbonyl (C=O) groups is 1. The van der Waals surface area contributed by atoms with Gasteiger partial charge in [0.1, 0.15) is 0 Å². The molecule has 0 aliphatic carbocycles. The fraction of sp³-hybridized carbons (Fsp3) is 0.500. The molecule has 118 valence electrons. The molecule has 0 saturated carbocycles. The predicted molar refractivity (Wildman–Crippen MR) is 82.7 cm³/mol. The van der Waals surface area contributed by atoms with Crippen LogP contribution in [0.4, 0.5) is 0 Å². The molecule has 1 aromatic carbocycles. The lowest BCUT2D eigenvalue weighted by atomic mass is 10.1. The number of imidazole rings is 1. The third-order valence-electron chi connectivity index (χ3n) is 4.05. The molecule has 1 fully saturated rings. The SMILES string of the molecule is O=C(c1ccc2nc[nH]c2c1)N1CCC(OCCCO)CC1. The van der Waals surface area contributed by atoms with Crippen molar-refractivity contribution in [3.05, 3.63) is 30.1 Å². The van der Waals surface area contributed by atoms with Gasteiger partial charge in [-0.25, -0.2) is 4.98 Å². The van der Waals surface area contributed by atoms with Crippen LogP contribution in [0.2, 0.25) is 0 Å². The summed E-state index contributed by atoms with van der Waals surface area (Å²) in [5.41, 5.74) is 2.44. The summed E-state index contributed by atoms with van der Waals surface area (Å²) < 4.78 is 5.69. The third kappa shape index (κ3) is 3.28. The lowest BCUT2D eigenvalue weighted by Crippen LogP contribution is -2.41. The van der Waals surface area contributed by atoms with E-state index < -0.39 is 0 Å². The van der Waals surface area contributed by atoms with Crippen LogP contribution in [0, 0.1) is 0 Å². The van der Waals surface area contributed by atoms with Crippen LogP contribution >= 0.6 is 0 Å². The maximum Gasteiger partial charge on any atom is 0.253 e. The molecule has 0 spiro atoms. The molecule has 1 aromatic heterocycles. The molecule has 2 heterocycles. The number of nitrogens with zero attached hydrogens (tertiary/aromatic N) is 2. The number of nitrogens with one attached hydrogen (secondary N) is 1. The highest BCUT2D eigenvalue weighted by molar-refractivity contribution is 5.97. The van der Waals surface area contributed by atoms with E-state index in [1.165, 1.54) is 0 Å². The van der Waals surface area contributed by atoms with Crippen molar-refractivity contribution >= 4 is 16.9 Å². The van der Waals surface area contributed by atoms with Crippen molar-refractivity contribution in [1.29, 1.82) is 0 Å². The Morgan fingerprint density at radius 1 is 1.41 bits per heavy atom. The molecule has 1 aliphatic rings. The van der Waals surface area contributed by atoms with Crippen molar-refractivity contribution in [2.45, 2.75) is 25.4 Å². The topological polar surface area (TPSA) is 78.5 Å². The number of aromatic amines is 1. The highest BCUT2D eigenvalue weighted by Gasteiger charge is 2.24. The number of aliphatic hydroxyl groups is 1. The first-order chi connectivity index (χ1) is 10.8. The molecule has 6 heteroatoms. The van der Waals surface area contributed by atoms with Crippen molar-refractivity contribution in [2.75, 3.05) is 26.3 Å². The largest absolute Gasteiger partial charge is 0.396 e. The molecular formula is C16H21N3O3. The Morgan fingerprint density at radius 3 is 3.00 bits per heavy atom. The van der Waals surface area contributed by atoms with Crippen LogP contribution in [-0.4, -0.2) is 58.3 Å². The van der Waals surface area contributed by atoms with E-state index in [1.807, 2.05) is 23.1 Å². The van der Waals surface area contributed by atoms with Crippen LogP contribution in [0.1, 0.15) is 29.6 Å². The van der Waals surface area contributed by atoms with E-state index >= 15 is 0 Å². The van der Waals surface area contributed by atoms with Crippen LogP contribution in [0.25, 0.3) is 11.0 Å². The average Bonchev–Trinajstić information content (AvgIpc) is 3.02.